The molecule has 17 heavy (non-hydrogen) atoms. The average Bonchev–Trinajstić information content (AvgIpc) is 2.54. The number of rotatable bonds is 2. The normalized spacial score (nSPS) is 39.2. The molecule has 2 aliphatic rings. The molecule has 0 aromatic carbocycles. The van der Waals surface area contributed by atoms with Crippen LogP contribution in [0.15, 0.2) is 0 Å². The van der Waals surface area contributed by atoms with E-state index in [1.165, 1.54) is 19.3 Å². The Hall–Kier alpha value is -0.570. The number of carbonyl (C=O) groups is 1. The van der Waals surface area contributed by atoms with Gasteiger partial charge in [0, 0.05) is 6.04 Å². The summed E-state index contributed by atoms with van der Waals surface area (Å²) in [5.74, 6) is 0.571. The highest BCUT2D eigenvalue weighted by atomic mass is 16.5. The maximum atomic E-state index is 12.3. The molecule has 4 atom stereocenters. The summed E-state index contributed by atoms with van der Waals surface area (Å²) in [5, 5.41) is 3.22. The van der Waals surface area contributed by atoms with Crippen molar-refractivity contribution in [1.82, 2.24) is 5.32 Å². The largest absolute Gasteiger partial charge is 0.374 e. The van der Waals surface area contributed by atoms with Crippen molar-refractivity contribution >= 4 is 5.91 Å². The zero-order valence-corrected chi connectivity index (χ0v) is 11.2. The van der Waals surface area contributed by atoms with E-state index < -0.39 is 0 Å². The third-order valence-electron chi connectivity index (χ3n) is 4.50. The topological polar surface area (TPSA) is 38.3 Å². The molecule has 3 nitrogen and oxygen atoms in total. The number of nitrogens with one attached hydrogen (secondary N) is 1. The Labute approximate surface area is 104 Å². The molecule has 0 bridgehead atoms. The fraction of sp³-hybridized carbons (Fsp3) is 0.929. The second kappa shape index (κ2) is 5.38. The first kappa shape index (κ1) is 12.9. The first-order valence-corrected chi connectivity index (χ1v) is 7.05. The van der Waals surface area contributed by atoms with Gasteiger partial charge in [0.2, 0.25) is 5.91 Å². The van der Waals surface area contributed by atoms with Gasteiger partial charge in [-0.1, -0.05) is 26.2 Å². The molecule has 2 rings (SSSR count). The summed E-state index contributed by atoms with van der Waals surface area (Å²) in [4.78, 5) is 12.3. The first-order valence-electron chi connectivity index (χ1n) is 7.05. The van der Waals surface area contributed by atoms with Gasteiger partial charge < -0.3 is 10.1 Å². The highest BCUT2D eigenvalue weighted by Crippen LogP contribution is 2.32. The summed E-state index contributed by atoms with van der Waals surface area (Å²) < 4.78 is 5.74. The minimum Gasteiger partial charge on any atom is -0.374 e. The number of hydrogen-bond donors (Lipinski definition) is 1. The van der Waals surface area contributed by atoms with Crippen molar-refractivity contribution in [2.75, 3.05) is 0 Å². The maximum Gasteiger partial charge on any atom is 0.226 e. The third-order valence-corrected chi connectivity index (χ3v) is 4.50. The van der Waals surface area contributed by atoms with Crippen LogP contribution in [0.25, 0.3) is 0 Å². The van der Waals surface area contributed by atoms with E-state index in [1.807, 2.05) is 6.92 Å². The highest BCUT2D eigenvalue weighted by molar-refractivity contribution is 5.80. The van der Waals surface area contributed by atoms with Gasteiger partial charge in [0.05, 0.1) is 18.1 Å². The van der Waals surface area contributed by atoms with Crippen molar-refractivity contribution in [3.8, 4) is 0 Å². The van der Waals surface area contributed by atoms with Crippen LogP contribution in [-0.2, 0) is 9.53 Å². The van der Waals surface area contributed by atoms with Gasteiger partial charge in [0.15, 0.2) is 0 Å². The summed E-state index contributed by atoms with van der Waals surface area (Å²) in [6.07, 6.45) is 6.40. The van der Waals surface area contributed by atoms with Crippen molar-refractivity contribution in [1.29, 1.82) is 0 Å². The number of carbonyl (C=O) groups excluding carboxylic acids is 1. The van der Waals surface area contributed by atoms with E-state index in [9.17, 15) is 4.79 Å². The Morgan fingerprint density at radius 1 is 1.06 bits per heavy atom. The van der Waals surface area contributed by atoms with Crippen LogP contribution >= 0.6 is 0 Å². The Morgan fingerprint density at radius 2 is 1.71 bits per heavy atom. The number of ether oxygens (including phenoxy) is 1. The lowest BCUT2D eigenvalue weighted by Crippen LogP contribution is -2.43. The molecule has 1 saturated heterocycles. The summed E-state index contributed by atoms with van der Waals surface area (Å²) in [7, 11) is 0. The molecule has 1 saturated carbocycles. The van der Waals surface area contributed by atoms with Gasteiger partial charge in [-0.2, -0.15) is 0 Å². The molecular weight excluding hydrogens is 214 g/mol. The summed E-state index contributed by atoms with van der Waals surface area (Å²) >= 11 is 0. The Balaban J connectivity index is 1.90. The van der Waals surface area contributed by atoms with E-state index in [0.717, 1.165) is 12.8 Å². The van der Waals surface area contributed by atoms with Crippen LogP contribution in [0.2, 0.25) is 0 Å². The summed E-state index contributed by atoms with van der Waals surface area (Å²) in [6, 6.07) is 0.409. The Morgan fingerprint density at radius 3 is 2.24 bits per heavy atom. The van der Waals surface area contributed by atoms with Crippen LogP contribution in [0, 0.1) is 11.8 Å². The molecule has 0 aromatic rings. The SMILES string of the molecule is CC1OC(C)C(C(=O)NC2CCCCC2)C1C. The van der Waals surface area contributed by atoms with E-state index in [4.69, 9.17) is 4.74 Å². The van der Waals surface area contributed by atoms with Gasteiger partial charge in [0.25, 0.3) is 0 Å². The molecule has 0 aromatic heterocycles. The maximum absolute atomic E-state index is 12.3. The summed E-state index contributed by atoms with van der Waals surface area (Å²) in [6.45, 7) is 6.21. The smallest absolute Gasteiger partial charge is 0.226 e. The quantitative estimate of drug-likeness (QED) is 0.804. The zero-order valence-electron chi connectivity index (χ0n) is 11.2. The second-order valence-corrected chi connectivity index (χ2v) is 5.77. The Bertz CT molecular complexity index is 273. The third kappa shape index (κ3) is 2.82. The molecule has 3 heteroatoms. The molecule has 98 valence electrons. The van der Waals surface area contributed by atoms with Crippen molar-refractivity contribution in [2.24, 2.45) is 11.8 Å². The van der Waals surface area contributed by atoms with Crippen LogP contribution in [0.3, 0.4) is 0 Å². The molecule has 0 radical (unpaired) electrons. The van der Waals surface area contributed by atoms with E-state index in [-0.39, 0.29) is 24.0 Å². The monoisotopic (exact) mass is 239 g/mol. The van der Waals surface area contributed by atoms with Crippen LogP contribution in [0.1, 0.15) is 52.9 Å². The lowest BCUT2D eigenvalue weighted by Gasteiger charge is -2.26. The van der Waals surface area contributed by atoms with Gasteiger partial charge in [0.1, 0.15) is 0 Å². The molecule has 1 aliphatic carbocycles. The van der Waals surface area contributed by atoms with E-state index >= 15 is 0 Å². The second-order valence-electron chi connectivity index (χ2n) is 5.77. The van der Waals surface area contributed by atoms with Crippen molar-refractivity contribution in [2.45, 2.75) is 71.1 Å². The molecule has 4 unspecified atom stereocenters. The predicted molar refractivity (Wildman–Crippen MR) is 67.7 cm³/mol. The lowest BCUT2D eigenvalue weighted by molar-refractivity contribution is -0.128. The average molecular weight is 239 g/mol. The highest BCUT2D eigenvalue weighted by Gasteiger charge is 2.41. The molecule has 2 fully saturated rings. The predicted octanol–water partition coefficient (Wildman–Crippen LogP) is 2.49. The molecule has 1 N–H and O–H groups in total. The molecule has 0 spiro atoms. The molecule has 1 heterocycles. The van der Waals surface area contributed by atoms with Crippen molar-refractivity contribution in [3.05, 3.63) is 0 Å². The molecule has 1 aliphatic heterocycles. The number of amides is 1. The standard InChI is InChI=1S/C14H25NO2/c1-9-10(2)17-11(3)13(9)14(16)15-12-7-5-4-6-8-12/h9-13H,4-8H2,1-3H3,(H,15,16). The van der Waals surface area contributed by atoms with Crippen LogP contribution in [0.4, 0.5) is 0 Å². The van der Waals surface area contributed by atoms with Crippen LogP contribution < -0.4 is 5.32 Å². The van der Waals surface area contributed by atoms with E-state index in [0.29, 0.717) is 12.0 Å². The van der Waals surface area contributed by atoms with E-state index in [2.05, 4.69) is 19.2 Å². The van der Waals surface area contributed by atoms with Gasteiger partial charge in [-0.25, -0.2) is 0 Å². The van der Waals surface area contributed by atoms with Crippen molar-refractivity contribution in [3.63, 3.8) is 0 Å². The van der Waals surface area contributed by atoms with Crippen LogP contribution in [0.5, 0.6) is 0 Å². The van der Waals surface area contributed by atoms with E-state index in [1.54, 1.807) is 0 Å². The van der Waals surface area contributed by atoms with Gasteiger partial charge in [-0.05, 0) is 32.6 Å². The van der Waals surface area contributed by atoms with Crippen molar-refractivity contribution < 1.29 is 9.53 Å². The zero-order chi connectivity index (χ0) is 12.4. The minimum atomic E-state index is 0.0342. The van der Waals surface area contributed by atoms with Gasteiger partial charge >= 0.3 is 0 Å². The first-order chi connectivity index (χ1) is 8.09. The molecular formula is C14H25NO2. The molecule has 1 amide bonds. The minimum absolute atomic E-state index is 0.0342. The fourth-order valence-corrected chi connectivity index (χ4v) is 3.26. The summed E-state index contributed by atoms with van der Waals surface area (Å²) in [5.41, 5.74) is 0. The fourth-order valence-electron chi connectivity index (χ4n) is 3.26. The van der Waals surface area contributed by atoms with Crippen LogP contribution in [-0.4, -0.2) is 24.2 Å². The Kier molecular flexibility index (Phi) is 4.08. The number of hydrogen-bond acceptors (Lipinski definition) is 2. The van der Waals surface area contributed by atoms with Gasteiger partial charge in [-0.15, -0.1) is 0 Å². The van der Waals surface area contributed by atoms with Gasteiger partial charge in [-0.3, -0.25) is 4.79 Å². The lowest BCUT2D eigenvalue weighted by atomic mass is 9.87.